The normalized spacial score (nSPS) is 12.0. The van der Waals surface area contributed by atoms with E-state index in [2.05, 4.69) is 29.6 Å². The van der Waals surface area contributed by atoms with Crippen LogP contribution in [0.1, 0.15) is 34.3 Å². The minimum atomic E-state index is -1.07. The Kier molecular flexibility index (Phi) is 5.39. The number of carboxylic acid groups (broad SMARTS) is 1. The fourth-order valence-corrected chi connectivity index (χ4v) is 3.78. The smallest absolute Gasteiger partial charge is 0.411 e. The Morgan fingerprint density at radius 1 is 0.967 bits per heavy atom. The van der Waals surface area contributed by atoms with E-state index < -0.39 is 12.1 Å². The first-order valence-electron chi connectivity index (χ1n) is 9.70. The highest BCUT2D eigenvalue weighted by molar-refractivity contribution is 5.92. The van der Waals surface area contributed by atoms with Crippen molar-refractivity contribution in [1.82, 2.24) is 0 Å². The highest BCUT2D eigenvalue weighted by Gasteiger charge is 2.29. The molecule has 0 spiro atoms. The largest absolute Gasteiger partial charge is 0.492 e. The number of nitrogens with one attached hydrogen (secondary N) is 1. The monoisotopic (exact) mass is 403 g/mol. The van der Waals surface area contributed by atoms with Crippen LogP contribution in [0.15, 0.2) is 66.7 Å². The van der Waals surface area contributed by atoms with Gasteiger partial charge in [0.2, 0.25) is 0 Å². The third-order valence-electron chi connectivity index (χ3n) is 5.11. The average Bonchev–Trinajstić information content (AvgIpc) is 3.07. The second kappa shape index (κ2) is 8.29. The lowest BCUT2D eigenvalue weighted by atomic mass is 9.98. The second-order valence-electron chi connectivity index (χ2n) is 6.90. The number of amides is 1. The van der Waals surface area contributed by atoms with Gasteiger partial charge in [-0.2, -0.15) is 0 Å². The number of carboxylic acids is 1. The SMILES string of the molecule is CCOc1cc(C(=O)O)ccc1NC(=O)OCC1c2ccccc2-c2ccccc21. The summed E-state index contributed by atoms with van der Waals surface area (Å²) in [6, 6.07) is 20.5. The van der Waals surface area contributed by atoms with Crippen molar-refractivity contribution in [3.63, 3.8) is 0 Å². The van der Waals surface area contributed by atoms with Crippen molar-refractivity contribution in [2.75, 3.05) is 18.5 Å². The summed E-state index contributed by atoms with van der Waals surface area (Å²) < 4.78 is 11.0. The van der Waals surface area contributed by atoms with Crippen LogP contribution in [0.25, 0.3) is 11.1 Å². The molecule has 152 valence electrons. The van der Waals surface area contributed by atoms with Crippen LogP contribution in [0.2, 0.25) is 0 Å². The van der Waals surface area contributed by atoms with Crippen LogP contribution < -0.4 is 10.1 Å². The molecule has 0 aromatic heterocycles. The van der Waals surface area contributed by atoms with E-state index in [1.165, 1.54) is 18.2 Å². The lowest BCUT2D eigenvalue weighted by Crippen LogP contribution is -2.18. The van der Waals surface area contributed by atoms with Crippen molar-refractivity contribution >= 4 is 17.7 Å². The minimum Gasteiger partial charge on any atom is -0.492 e. The van der Waals surface area contributed by atoms with Crippen molar-refractivity contribution in [3.8, 4) is 16.9 Å². The van der Waals surface area contributed by atoms with Gasteiger partial charge in [-0.15, -0.1) is 0 Å². The first kappa shape index (κ1) is 19.5. The maximum absolute atomic E-state index is 12.5. The lowest BCUT2D eigenvalue weighted by molar-refractivity contribution is 0.0696. The van der Waals surface area contributed by atoms with E-state index in [1.807, 2.05) is 24.3 Å². The summed E-state index contributed by atoms with van der Waals surface area (Å²) in [4.78, 5) is 23.6. The Balaban J connectivity index is 1.49. The Morgan fingerprint density at radius 2 is 1.60 bits per heavy atom. The maximum Gasteiger partial charge on any atom is 0.411 e. The zero-order valence-corrected chi connectivity index (χ0v) is 16.4. The number of carbonyl (C=O) groups excluding carboxylic acids is 1. The van der Waals surface area contributed by atoms with E-state index in [1.54, 1.807) is 6.92 Å². The van der Waals surface area contributed by atoms with Gasteiger partial charge in [-0.25, -0.2) is 9.59 Å². The number of hydrogen-bond donors (Lipinski definition) is 2. The molecular weight excluding hydrogens is 382 g/mol. The number of benzene rings is 3. The third-order valence-corrected chi connectivity index (χ3v) is 5.11. The molecule has 4 rings (SSSR count). The summed E-state index contributed by atoms with van der Waals surface area (Å²) >= 11 is 0. The molecule has 0 atom stereocenters. The van der Waals surface area contributed by atoms with Crippen molar-refractivity contribution < 1.29 is 24.2 Å². The number of aromatic carboxylic acids is 1. The molecule has 1 amide bonds. The second-order valence-corrected chi connectivity index (χ2v) is 6.90. The predicted molar refractivity (Wildman–Crippen MR) is 113 cm³/mol. The molecule has 0 fully saturated rings. The Hall–Kier alpha value is -3.80. The van der Waals surface area contributed by atoms with Gasteiger partial charge in [0.25, 0.3) is 0 Å². The van der Waals surface area contributed by atoms with Gasteiger partial charge in [-0.05, 0) is 47.4 Å². The fourth-order valence-electron chi connectivity index (χ4n) is 3.78. The van der Waals surface area contributed by atoms with Gasteiger partial charge in [0.15, 0.2) is 0 Å². The summed E-state index contributed by atoms with van der Waals surface area (Å²) in [5.41, 5.74) is 5.02. The van der Waals surface area contributed by atoms with Gasteiger partial charge in [-0.1, -0.05) is 48.5 Å². The van der Waals surface area contributed by atoms with E-state index in [0.717, 1.165) is 22.3 Å². The number of anilines is 1. The summed E-state index contributed by atoms with van der Waals surface area (Å²) in [6.45, 7) is 2.31. The molecule has 1 aliphatic carbocycles. The van der Waals surface area contributed by atoms with Gasteiger partial charge >= 0.3 is 12.1 Å². The molecule has 0 heterocycles. The standard InChI is InChI=1S/C24H21NO5/c1-2-29-22-13-15(23(26)27)11-12-21(22)25-24(28)30-14-20-18-9-5-3-7-16(18)17-8-4-6-10-19(17)20/h3-13,20H,2,14H2,1H3,(H,25,28)(H,26,27). The van der Waals surface area contributed by atoms with Gasteiger partial charge in [-0.3, -0.25) is 5.32 Å². The van der Waals surface area contributed by atoms with Crippen LogP contribution >= 0.6 is 0 Å². The molecule has 0 saturated carbocycles. The Bertz CT molecular complexity index is 1060. The Labute approximate surface area is 174 Å². The third kappa shape index (κ3) is 3.72. The maximum atomic E-state index is 12.5. The summed E-state index contributed by atoms with van der Waals surface area (Å²) in [6.07, 6.45) is -0.624. The van der Waals surface area contributed by atoms with E-state index >= 15 is 0 Å². The highest BCUT2D eigenvalue weighted by atomic mass is 16.5. The van der Waals surface area contributed by atoms with E-state index in [9.17, 15) is 9.59 Å². The van der Waals surface area contributed by atoms with Crippen LogP contribution in [-0.4, -0.2) is 30.4 Å². The van der Waals surface area contributed by atoms with Crippen LogP contribution in [0, 0.1) is 0 Å². The molecule has 6 heteroatoms. The number of hydrogen-bond acceptors (Lipinski definition) is 4. The molecule has 0 unspecified atom stereocenters. The lowest BCUT2D eigenvalue weighted by Gasteiger charge is -2.16. The number of carbonyl (C=O) groups is 2. The first-order valence-corrected chi connectivity index (χ1v) is 9.70. The first-order chi connectivity index (χ1) is 14.6. The van der Waals surface area contributed by atoms with Gasteiger partial charge in [0.1, 0.15) is 12.4 Å². The summed E-state index contributed by atoms with van der Waals surface area (Å²) in [5.74, 6) is -0.821. The quantitative estimate of drug-likeness (QED) is 0.595. The number of fused-ring (bicyclic) bond motifs is 3. The minimum absolute atomic E-state index is 0.0381. The van der Waals surface area contributed by atoms with Crippen LogP contribution in [0.3, 0.4) is 0 Å². The Morgan fingerprint density at radius 3 is 2.20 bits per heavy atom. The molecule has 6 nitrogen and oxygen atoms in total. The van der Waals surface area contributed by atoms with Crippen molar-refractivity contribution in [2.24, 2.45) is 0 Å². The average molecular weight is 403 g/mol. The van der Waals surface area contributed by atoms with E-state index in [-0.39, 0.29) is 23.8 Å². The highest BCUT2D eigenvalue weighted by Crippen LogP contribution is 2.44. The molecule has 3 aromatic carbocycles. The topological polar surface area (TPSA) is 84.9 Å². The van der Waals surface area contributed by atoms with Gasteiger partial charge in [0.05, 0.1) is 17.9 Å². The zero-order chi connectivity index (χ0) is 21.1. The molecule has 1 aliphatic rings. The molecule has 3 aromatic rings. The molecule has 0 saturated heterocycles. The van der Waals surface area contributed by atoms with Crippen LogP contribution in [0.5, 0.6) is 5.75 Å². The molecular formula is C24H21NO5. The van der Waals surface area contributed by atoms with Crippen molar-refractivity contribution in [2.45, 2.75) is 12.8 Å². The number of ether oxygens (including phenoxy) is 2. The van der Waals surface area contributed by atoms with E-state index in [0.29, 0.717) is 12.3 Å². The zero-order valence-electron chi connectivity index (χ0n) is 16.4. The molecule has 0 bridgehead atoms. The van der Waals surface area contributed by atoms with Crippen molar-refractivity contribution in [3.05, 3.63) is 83.4 Å². The summed E-state index contributed by atoms with van der Waals surface area (Å²) in [5, 5.41) is 11.8. The van der Waals surface area contributed by atoms with Crippen LogP contribution in [0.4, 0.5) is 10.5 Å². The van der Waals surface area contributed by atoms with Crippen LogP contribution in [-0.2, 0) is 4.74 Å². The molecule has 0 radical (unpaired) electrons. The van der Waals surface area contributed by atoms with Gasteiger partial charge in [0, 0.05) is 5.92 Å². The molecule has 0 aliphatic heterocycles. The number of rotatable bonds is 6. The summed E-state index contributed by atoms with van der Waals surface area (Å²) in [7, 11) is 0. The van der Waals surface area contributed by atoms with Crippen molar-refractivity contribution in [1.29, 1.82) is 0 Å². The molecule has 30 heavy (non-hydrogen) atoms. The predicted octanol–water partition coefficient (Wildman–Crippen LogP) is 5.14. The fraction of sp³-hybridized carbons (Fsp3) is 0.167. The molecule has 2 N–H and O–H groups in total. The van der Waals surface area contributed by atoms with E-state index in [4.69, 9.17) is 14.6 Å². The van der Waals surface area contributed by atoms with Gasteiger partial charge < -0.3 is 14.6 Å².